The van der Waals surface area contributed by atoms with Crippen LogP contribution in [0.25, 0.3) is 0 Å². The van der Waals surface area contributed by atoms with Crippen molar-refractivity contribution >= 4 is 17.5 Å². The predicted molar refractivity (Wildman–Crippen MR) is 87.3 cm³/mol. The maximum atomic E-state index is 12.3. The number of benzene rings is 2. The van der Waals surface area contributed by atoms with Gasteiger partial charge in [-0.25, -0.2) is 0 Å². The first kappa shape index (κ1) is 15.8. The van der Waals surface area contributed by atoms with E-state index in [1.54, 1.807) is 6.07 Å². The van der Waals surface area contributed by atoms with Gasteiger partial charge < -0.3 is 10.2 Å². The summed E-state index contributed by atoms with van der Waals surface area (Å²) >= 11 is 0. The smallest absolute Gasteiger partial charge is 0.313 e. The number of hydrogen-bond donors (Lipinski definition) is 1. The van der Waals surface area contributed by atoms with E-state index in [1.807, 2.05) is 62.4 Å². The summed E-state index contributed by atoms with van der Waals surface area (Å²) < 4.78 is 0. The quantitative estimate of drug-likeness (QED) is 0.882. The molecule has 2 aromatic rings. The van der Waals surface area contributed by atoms with Crippen molar-refractivity contribution in [3.63, 3.8) is 0 Å². The molecule has 0 aliphatic heterocycles. The molecule has 0 radical (unpaired) electrons. The summed E-state index contributed by atoms with van der Waals surface area (Å²) in [4.78, 5) is 26.0. The molecule has 0 saturated carbocycles. The Labute approximate surface area is 130 Å². The fourth-order valence-corrected chi connectivity index (χ4v) is 2.16. The van der Waals surface area contributed by atoms with Gasteiger partial charge in [0.15, 0.2) is 0 Å². The lowest BCUT2D eigenvalue weighted by atomic mass is 10.2. The van der Waals surface area contributed by atoms with Crippen molar-refractivity contribution < 1.29 is 9.59 Å². The van der Waals surface area contributed by atoms with E-state index in [0.29, 0.717) is 18.8 Å². The van der Waals surface area contributed by atoms with E-state index in [1.165, 1.54) is 4.90 Å². The molecule has 4 heteroatoms. The number of amides is 2. The third kappa shape index (κ3) is 3.95. The summed E-state index contributed by atoms with van der Waals surface area (Å²) in [5, 5.41) is 2.68. The van der Waals surface area contributed by atoms with Gasteiger partial charge in [0.25, 0.3) is 0 Å². The highest BCUT2D eigenvalue weighted by Gasteiger charge is 2.21. The number of hydrogen-bond acceptors (Lipinski definition) is 2. The molecule has 0 saturated heterocycles. The molecule has 0 bridgehead atoms. The summed E-state index contributed by atoms with van der Waals surface area (Å²) in [5.41, 5.74) is 2.59. The van der Waals surface area contributed by atoms with Gasteiger partial charge in [-0.3, -0.25) is 9.59 Å². The normalized spacial score (nSPS) is 10.1. The molecule has 0 atom stereocenters. The van der Waals surface area contributed by atoms with E-state index in [-0.39, 0.29) is 0 Å². The molecule has 2 rings (SSSR count). The maximum Gasteiger partial charge on any atom is 0.313 e. The number of likely N-dealkylation sites (N-methyl/N-ethyl adjacent to an activating group) is 1. The van der Waals surface area contributed by atoms with Crippen LogP contribution in [0.5, 0.6) is 0 Å². The minimum Gasteiger partial charge on any atom is -0.330 e. The molecular formula is C18H20N2O2. The molecule has 0 heterocycles. The van der Waals surface area contributed by atoms with Crippen LogP contribution in [0.15, 0.2) is 54.6 Å². The monoisotopic (exact) mass is 296 g/mol. The number of rotatable bonds is 4. The summed E-state index contributed by atoms with van der Waals surface area (Å²) in [6, 6.07) is 17.0. The molecule has 22 heavy (non-hydrogen) atoms. The van der Waals surface area contributed by atoms with Crippen molar-refractivity contribution in [1.29, 1.82) is 0 Å². The average Bonchev–Trinajstić information content (AvgIpc) is 2.55. The number of carbonyl (C=O) groups is 2. The first-order valence-corrected chi connectivity index (χ1v) is 7.31. The number of para-hydroxylation sites is 1. The SMILES string of the molecule is CCN(Cc1ccccc1)C(=O)C(=O)Nc1ccccc1C. The van der Waals surface area contributed by atoms with E-state index in [0.717, 1.165) is 11.1 Å². The predicted octanol–water partition coefficient (Wildman–Crippen LogP) is 2.98. The summed E-state index contributed by atoms with van der Waals surface area (Å²) in [6.07, 6.45) is 0. The zero-order valence-electron chi connectivity index (χ0n) is 12.9. The van der Waals surface area contributed by atoms with Gasteiger partial charge in [-0.15, -0.1) is 0 Å². The second kappa shape index (κ2) is 7.41. The number of nitrogens with zero attached hydrogens (tertiary/aromatic N) is 1. The molecule has 0 fully saturated rings. The van der Waals surface area contributed by atoms with E-state index in [9.17, 15) is 9.59 Å². The Kier molecular flexibility index (Phi) is 5.31. The highest BCUT2D eigenvalue weighted by atomic mass is 16.2. The van der Waals surface area contributed by atoms with Crippen LogP contribution in [0.2, 0.25) is 0 Å². The Morgan fingerprint density at radius 2 is 1.64 bits per heavy atom. The minimum atomic E-state index is -0.605. The number of aryl methyl sites for hydroxylation is 1. The molecule has 0 spiro atoms. The van der Waals surface area contributed by atoms with Crippen molar-refractivity contribution in [3.05, 3.63) is 65.7 Å². The highest BCUT2D eigenvalue weighted by molar-refractivity contribution is 6.39. The Morgan fingerprint density at radius 1 is 1.00 bits per heavy atom. The Bertz CT molecular complexity index is 653. The zero-order chi connectivity index (χ0) is 15.9. The van der Waals surface area contributed by atoms with Crippen LogP contribution in [0.4, 0.5) is 5.69 Å². The van der Waals surface area contributed by atoms with Crippen LogP contribution in [0, 0.1) is 6.92 Å². The third-order valence-electron chi connectivity index (χ3n) is 3.47. The van der Waals surface area contributed by atoms with E-state index in [4.69, 9.17) is 0 Å². The van der Waals surface area contributed by atoms with Gasteiger partial charge in [-0.2, -0.15) is 0 Å². The van der Waals surface area contributed by atoms with Crippen LogP contribution in [-0.2, 0) is 16.1 Å². The minimum absolute atomic E-state index is 0.428. The Balaban J connectivity index is 2.05. The van der Waals surface area contributed by atoms with Gasteiger partial charge in [-0.1, -0.05) is 48.5 Å². The number of nitrogens with one attached hydrogen (secondary N) is 1. The number of anilines is 1. The maximum absolute atomic E-state index is 12.3. The summed E-state index contributed by atoms with van der Waals surface area (Å²) in [6.45, 7) is 4.66. The van der Waals surface area contributed by atoms with Crippen LogP contribution >= 0.6 is 0 Å². The lowest BCUT2D eigenvalue weighted by molar-refractivity contribution is -0.143. The van der Waals surface area contributed by atoms with Crippen LogP contribution in [0.3, 0.4) is 0 Å². The van der Waals surface area contributed by atoms with Gasteiger partial charge in [0.2, 0.25) is 0 Å². The van der Waals surface area contributed by atoms with Crippen LogP contribution in [-0.4, -0.2) is 23.3 Å². The van der Waals surface area contributed by atoms with Crippen molar-refractivity contribution in [2.24, 2.45) is 0 Å². The second-order valence-electron chi connectivity index (χ2n) is 5.07. The zero-order valence-corrected chi connectivity index (χ0v) is 12.9. The van der Waals surface area contributed by atoms with Crippen LogP contribution in [0.1, 0.15) is 18.1 Å². The van der Waals surface area contributed by atoms with Gasteiger partial charge in [0.1, 0.15) is 0 Å². The first-order chi connectivity index (χ1) is 10.6. The average molecular weight is 296 g/mol. The molecule has 114 valence electrons. The van der Waals surface area contributed by atoms with Gasteiger partial charge >= 0.3 is 11.8 Å². The Morgan fingerprint density at radius 3 is 2.27 bits per heavy atom. The van der Waals surface area contributed by atoms with Crippen molar-refractivity contribution in [2.45, 2.75) is 20.4 Å². The first-order valence-electron chi connectivity index (χ1n) is 7.31. The highest BCUT2D eigenvalue weighted by Crippen LogP contribution is 2.13. The molecule has 1 N–H and O–H groups in total. The van der Waals surface area contributed by atoms with E-state index in [2.05, 4.69) is 5.32 Å². The molecule has 0 aliphatic carbocycles. The van der Waals surface area contributed by atoms with Crippen molar-refractivity contribution in [1.82, 2.24) is 4.90 Å². The molecule has 0 aromatic heterocycles. The van der Waals surface area contributed by atoms with Gasteiger partial charge in [-0.05, 0) is 31.0 Å². The molecule has 0 aliphatic rings. The van der Waals surface area contributed by atoms with E-state index >= 15 is 0 Å². The lowest BCUT2D eigenvalue weighted by Crippen LogP contribution is -2.39. The van der Waals surface area contributed by atoms with E-state index < -0.39 is 11.8 Å². The van der Waals surface area contributed by atoms with Crippen LogP contribution < -0.4 is 5.32 Å². The largest absolute Gasteiger partial charge is 0.330 e. The molecule has 2 amide bonds. The van der Waals surface area contributed by atoms with Crippen molar-refractivity contribution in [2.75, 3.05) is 11.9 Å². The topological polar surface area (TPSA) is 49.4 Å². The Hall–Kier alpha value is -2.62. The fraction of sp³-hybridized carbons (Fsp3) is 0.222. The third-order valence-corrected chi connectivity index (χ3v) is 3.47. The molecule has 2 aromatic carbocycles. The standard InChI is InChI=1S/C18H20N2O2/c1-3-20(13-15-10-5-4-6-11-15)18(22)17(21)19-16-12-8-7-9-14(16)2/h4-12H,3,13H2,1-2H3,(H,19,21). The second-order valence-corrected chi connectivity index (χ2v) is 5.07. The number of carbonyl (C=O) groups excluding carboxylic acids is 2. The lowest BCUT2D eigenvalue weighted by Gasteiger charge is -2.20. The summed E-state index contributed by atoms with van der Waals surface area (Å²) in [5.74, 6) is -1.12. The van der Waals surface area contributed by atoms with Gasteiger partial charge in [0.05, 0.1) is 0 Å². The summed E-state index contributed by atoms with van der Waals surface area (Å²) in [7, 11) is 0. The van der Waals surface area contributed by atoms with Gasteiger partial charge in [0, 0.05) is 18.8 Å². The molecular weight excluding hydrogens is 276 g/mol. The van der Waals surface area contributed by atoms with Crippen molar-refractivity contribution in [3.8, 4) is 0 Å². The molecule has 0 unspecified atom stereocenters. The molecule has 4 nitrogen and oxygen atoms in total. The fourth-order valence-electron chi connectivity index (χ4n) is 2.16.